The Morgan fingerprint density at radius 2 is 1.97 bits per heavy atom. The Hall–Kier alpha value is -2.52. The number of methoxy groups -OCH3 is 3. The summed E-state index contributed by atoms with van der Waals surface area (Å²) in [5.41, 5.74) is 2.04. The maximum absolute atomic E-state index is 12.9. The number of hydrogen-bond acceptors (Lipinski definition) is 7. The second-order valence-electron chi connectivity index (χ2n) is 8.86. The van der Waals surface area contributed by atoms with Gasteiger partial charge in [0.05, 0.1) is 42.6 Å². The first-order chi connectivity index (χ1) is 15.7. The van der Waals surface area contributed by atoms with E-state index in [-0.39, 0.29) is 22.6 Å². The van der Waals surface area contributed by atoms with Crippen LogP contribution >= 0.6 is 15.9 Å². The van der Waals surface area contributed by atoms with E-state index in [1.165, 1.54) is 13.2 Å². The Morgan fingerprint density at radius 3 is 2.64 bits per heavy atom. The number of benzene rings is 1. The average Bonchev–Trinajstić information content (AvgIpc) is 3.11. The maximum Gasteiger partial charge on any atom is 0.343 e. The summed E-state index contributed by atoms with van der Waals surface area (Å²) in [6.45, 7) is 5.42. The van der Waals surface area contributed by atoms with Crippen LogP contribution in [0.15, 0.2) is 27.6 Å². The van der Waals surface area contributed by atoms with Crippen LogP contribution < -0.4 is 19.9 Å². The van der Waals surface area contributed by atoms with E-state index in [0.717, 1.165) is 34.9 Å². The minimum absolute atomic E-state index is 0.00952. The molecule has 3 heterocycles. The van der Waals surface area contributed by atoms with Gasteiger partial charge < -0.3 is 18.9 Å². The summed E-state index contributed by atoms with van der Waals surface area (Å²) in [5.74, 6) is 0.562. The normalized spacial score (nSPS) is 17.8. The van der Waals surface area contributed by atoms with E-state index in [9.17, 15) is 9.59 Å². The third-order valence-electron chi connectivity index (χ3n) is 6.41. The average molecular weight is 521 g/mol. The zero-order valence-electron chi connectivity index (χ0n) is 19.6. The summed E-state index contributed by atoms with van der Waals surface area (Å²) in [4.78, 5) is 25.1. The lowest BCUT2D eigenvalue weighted by atomic mass is 9.93. The van der Waals surface area contributed by atoms with Crippen molar-refractivity contribution in [2.75, 3.05) is 39.6 Å². The molecule has 8 nitrogen and oxygen atoms in total. The second-order valence-corrected chi connectivity index (χ2v) is 9.66. The first-order valence-electron chi connectivity index (χ1n) is 10.9. The summed E-state index contributed by atoms with van der Waals surface area (Å²) >= 11 is 3.80. The Morgan fingerprint density at radius 1 is 1.21 bits per heavy atom. The van der Waals surface area contributed by atoms with Gasteiger partial charge in [0.1, 0.15) is 5.56 Å². The van der Waals surface area contributed by atoms with Gasteiger partial charge in [0, 0.05) is 43.5 Å². The van der Waals surface area contributed by atoms with Crippen LogP contribution in [0.4, 0.5) is 0 Å². The predicted molar refractivity (Wildman–Crippen MR) is 128 cm³/mol. The zero-order valence-corrected chi connectivity index (χ0v) is 21.2. The van der Waals surface area contributed by atoms with Crippen LogP contribution in [0.2, 0.25) is 0 Å². The van der Waals surface area contributed by atoms with Crippen LogP contribution in [-0.2, 0) is 9.47 Å². The molecule has 0 bridgehead atoms. The number of carbonyl (C=O) groups is 1. The third-order valence-corrected chi connectivity index (χ3v) is 7.19. The second kappa shape index (κ2) is 9.02. The summed E-state index contributed by atoms with van der Waals surface area (Å²) in [6.07, 6.45) is 4.20. The Bertz CT molecular complexity index is 1140. The van der Waals surface area contributed by atoms with Gasteiger partial charge in [-0.3, -0.25) is 14.5 Å². The fourth-order valence-electron chi connectivity index (χ4n) is 4.85. The van der Waals surface area contributed by atoms with Crippen molar-refractivity contribution in [3.8, 4) is 22.8 Å². The molecule has 1 fully saturated rings. The molecule has 1 aromatic heterocycles. The molecular formula is C24H29BrN2O6. The van der Waals surface area contributed by atoms with Crippen molar-refractivity contribution in [3.63, 3.8) is 0 Å². The highest BCUT2D eigenvalue weighted by atomic mass is 79.9. The zero-order chi connectivity index (χ0) is 23.9. The van der Waals surface area contributed by atoms with Crippen LogP contribution in [0.5, 0.6) is 11.5 Å². The molecule has 178 valence electrons. The number of halogens is 1. The van der Waals surface area contributed by atoms with Gasteiger partial charge in [0.25, 0.3) is 0 Å². The van der Waals surface area contributed by atoms with E-state index in [4.69, 9.17) is 18.9 Å². The van der Waals surface area contributed by atoms with Gasteiger partial charge in [-0.25, -0.2) is 4.79 Å². The molecular weight excluding hydrogens is 492 g/mol. The number of nitrogens with zero attached hydrogens (tertiary/aromatic N) is 2. The molecule has 9 heteroatoms. The van der Waals surface area contributed by atoms with Crippen molar-refractivity contribution in [3.05, 3.63) is 44.2 Å². The minimum Gasteiger partial charge on any atom is -0.493 e. The molecule has 0 amide bonds. The van der Waals surface area contributed by atoms with E-state index in [0.29, 0.717) is 30.4 Å². The largest absolute Gasteiger partial charge is 0.493 e. The van der Waals surface area contributed by atoms with E-state index in [2.05, 4.69) is 34.8 Å². The van der Waals surface area contributed by atoms with Crippen LogP contribution in [0.3, 0.4) is 0 Å². The van der Waals surface area contributed by atoms with Gasteiger partial charge in [-0.1, -0.05) is 0 Å². The summed E-state index contributed by atoms with van der Waals surface area (Å²) in [7, 11) is 4.54. The lowest BCUT2D eigenvalue weighted by molar-refractivity contribution is 0.0598. The van der Waals surface area contributed by atoms with Crippen LogP contribution in [0.25, 0.3) is 11.3 Å². The lowest BCUT2D eigenvalue weighted by Crippen LogP contribution is -2.50. The maximum atomic E-state index is 12.9. The van der Waals surface area contributed by atoms with Gasteiger partial charge in [-0.15, -0.1) is 0 Å². The first kappa shape index (κ1) is 23.6. The Balaban J connectivity index is 1.94. The molecule has 1 atom stereocenters. The van der Waals surface area contributed by atoms with Gasteiger partial charge in [0.2, 0.25) is 0 Å². The lowest BCUT2D eigenvalue weighted by Gasteiger charge is -2.45. The number of esters is 1. The molecule has 4 rings (SSSR count). The molecule has 0 N–H and O–H groups in total. The molecule has 2 aliphatic heterocycles. The van der Waals surface area contributed by atoms with Gasteiger partial charge in [0.15, 0.2) is 16.9 Å². The molecule has 0 spiro atoms. The van der Waals surface area contributed by atoms with E-state index >= 15 is 0 Å². The fourth-order valence-corrected chi connectivity index (χ4v) is 5.64. The molecule has 33 heavy (non-hydrogen) atoms. The highest BCUT2D eigenvalue weighted by molar-refractivity contribution is 9.10. The molecule has 0 radical (unpaired) electrons. The summed E-state index contributed by atoms with van der Waals surface area (Å²) in [5, 5.41) is 2.24. The molecule has 0 saturated carbocycles. The van der Waals surface area contributed by atoms with Gasteiger partial charge in [-0.05, 0) is 48.7 Å². The highest BCUT2D eigenvalue weighted by Crippen LogP contribution is 2.54. The number of hydrogen-bond donors (Lipinski definition) is 0. The monoisotopic (exact) mass is 520 g/mol. The van der Waals surface area contributed by atoms with Crippen LogP contribution in [-0.4, -0.2) is 50.7 Å². The topological polar surface area (TPSA) is 79.2 Å². The Kier molecular flexibility index (Phi) is 6.46. The van der Waals surface area contributed by atoms with Crippen molar-refractivity contribution in [1.29, 1.82) is 0 Å². The van der Waals surface area contributed by atoms with Crippen molar-refractivity contribution >= 4 is 21.9 Å². The van der Waals surface area contributed by atoms with Gasteiger partial charge in [-0.2, -0.15) is 0 Å². The summed E-state index contributed by atoms with van der Waals surface area (Å²) in [6, 6.07) is 3.44. The standard InChI is InChI=1S/C24H29BrN2O6/c1-24(2)8-7-16-20-14(11-19(31-4)22(21(20)25)33-10-6-9-30-3)17-12-18(28)15(23(29)32-5)13-26(17)27(16)24/h11-13,16H,6-10H2,1-5H3/t16-/m1/s1. The number of pyridine rings is 1. The fraction of sp³-hybridized carbons (Fsp3) is 0.500. The number of carbonyl (C=O) groups excluding carboxylic acids is 1. The molecule has 1 saturated heterocycles. The Labute approximate surface area is 201 Å². The number of aromatic nitrogens is 1. The number of rotatable bonds is 7. The van der Waals surface area contributed by atoms with E-state index in [1.807, 2.05) is 10.7 Å². The van der Waals surface area contributed by atoms with Crippen LogP contribution in [0, 0.1) is 0 Å². The quantitative estimate of drug-likeness (QED) is 0.402. The molecule has 0 unspecified atom stereocenters. The molecule has 1 aromatic carbocycles. The van der Waals surface area contributed by atoms with E-state index < -0.39 is 5.97 Å². The number of ether oxygens (including phenoxy) is 4. The van der Waals surface area contributed by atoms with E-state index in [1.54, 1.807) is 20.4 Å². The molecule has 0 aliphatic carbocycles. The molecule has 2 aromatic rings. The first-order valence-corrected chi connectivity index (χ1v) is 11.7. The molecule has 2 aliphatic rings. The smallest absolute Gasteiger partial charge is 0.343 e. The van der Waals surface area contributed by atoms with Crippen molar-refractivity contribution in [1.82, 2.24) is 4.68 Å². The van der Waals surface area contributed by atoms with Crippen LogP contribution in [0.1, 0.15) is 55.1 Å². The number of fused-ring (bicyclic) bond motifs is 6. The predicted octanol–water partition coefficient (Wildman–Crippen LogP) is 4.05. The SMILES string of the molecule is COCCCOc1c(OC)cc2c(c1Br)[C@H]1CCC(C)(C)N1n1cc(C(=O)OC)c(=O)cc1-2. The summed E-state index contributed by atoms with van der Waals surface area (Å²) < 4.78 is 24.5. The highest BCUT2D eigenvalue weighted by Gasteiger charge is 2.46. The van der Waals surface area contributed by atoms with Crippen molar-refractivity contribution < 1.29 is 23.7 Å². The third kappa shape index (κ3) is 3.91. The van der Waals surface area contributed by atoms with Crippen molar-refractivity contribution in [2.24, 2.45) is 0 Å². The minimum atomic E-state index is -0.645. The van der Waals surface area contributed by atoms with Crippen molar-refractivity contribution in [2.45, 2.75) is 44.7 Å². The van der Waals surface area contributed by atoms with Gasteiger partial charge >= 0.3 is 5.97 Å².